The van der Waals surface area contributed by atoms with Crippen LogP contribution < -0.4 is 5.73 Å². The third-order valence-electron chi connectivity index (χ3n) is 3.96. The standard InChI is InChI=1S/C15H21N3O3/c1-11(15(20)21)18-8-6-17(7-9-18)10-12-2-4-13(5-3-12)14(16)19/h2-5,11H,6-10H2,1H3,(H2,16,19)(H,20,21). The fourth-order valence-electron chi connectivity index (χ4n) is 2.50. The van der Waals surface area contributed by atoms with Gasteiger partial charge in [0.2, 0.25) is 5.91 Å². The number of nitrogens with zero attached hydrogens (tertiary/aromatic N) is 2. The smallest absolute Gasteiger partial charge is 0.320 e. The maximum atomic E-state index is 11.0. The lowest BCUT2D eigenvalue weighted by atomic mass is 10.1. The molecule has 1 aliphatic heterocycles. The third-order valence-corrected chi connectivity index (χ3v) is 3.96. The van der Waals surface area contributed by atoms with Crippen molar-refractivity contribution >= 4 is 11.9 Å². The molecule has 3 N–H and O–H groups in total. The first kappa shape index (κ1) is 15.5. The van der Waals surface area contributed by atoms with Gasteiger partial charge in [-0.05, 0) is 24.6 Å². The third kappa shape index (κ3) is 4.03. The lowest BCUT2D eigenvalue weighted by molar-refractivity contribution is -0.143. The number of aliphatic carboxylic acids is 1. The maximum absolute atomic E-state index is 11.0. The fraction of sp³-hybridized carbons (Fsp3) is 0.467. The molecule has 0 aliphatic carbocycles. The normalized spacial score (nSPS) is 18.3. The summed E-state index contributed by atoms with van der Waals surface area (Å²) in [6.07, 6.45) is 0. The second-order valence-electron chi connectivity index (χ2n) is 5.39. The van der Waals surface area contributed by atoms with Crippen LogP contribution in [0.3, 0.4) is 0 Å². The van der Waals surface area contributed by atoms with Crippen molar-refractivity contribution in [2.45, 2.75) is 19.5 Å². The highest BCUT2D eigenvalue weighted by atomic mass is 16.4. The van der Waals surface area contributed by atoms with E-state index in [1.807, 2.05) is 17.0 Å². The average molecular weight is 291 g/mol. The zero-order chi connectivity index (χ0) is 15.4. The summed E-state index contributed by atoms with van der Waals surface area (Å²) in [5, 5.41) is 9.01. The van der Waals surface area contributed by atoms with Gasteiger partial charge >= 0.3 is 5.97 Å². The Bertz CT molecular complexity index is 507. The number of amides is 1. The van der Waals surface area contributed by atoms with Gasteiger partial charge in [0, 0.05) is 38.3 Å². The van der Waals surface area contributed by atoms with Gasteiger partial charge in [-0.3, -0.25) is 19.4 Å². The van der Waals surface area contributed by atoms with Crippen molar-refractivity contribution in [2.75, 3.05) is 26.2 Å². The lowest BCUT2D eigenvalue weighted by Gasteiger charge is -2.36. The molecule has 0 spiro atoms. The second kappa shape index (κ2) is 6.69. The van der Waals surface area contributed by atoms with E-state index < -0.39 is 17.9 Å². The first-order valence-corrected chi connectivity index (χ1v) is 7.05. The minimum atomic E-state index is -0.773. The molecule has 1 amide bonds. The molecule has 1 aromatic rings. The van der Waals surface area contributed by atoms with E-state index in [9.17, 15) is 9.59 Å². The van der Waals surface area contributed by atoms with Crippen molar-refractivity contribution in [1.82, 2.24) is 9.80 Å². The Morgan fingerprint density at radius 1 is 1.19 bits per heavy atom. The number of rotatable bonds is 5. The zero-order valence-corrected chi connectivity index (χ0v) is 12.2. The van der Waals surface area contributed by atoms with E-state index in [1.54, 1.807) is 19.1 Å². The fourth-order valence-corrected chi connectivity index (χ4v) is 2.50. The SMILES string of the molecule is CC(C(=O)O)N1CCN(Cc2ccc(C(N)=O)cc2)CC1. The molecular formula is C15H21N3O3. The maximum Gasteiger partial charge on any atom is 0.320 e. The molecule has 1 aromatic carbocycles. The number of carboxylic acids is 1. The number of benzene rings is 1. The van der Waals surface area contributed by atoms with Gasteiger partial charge in [-0.2, -0.15) is 0 Å². The van der Waals surface area contributed by atoms with Crippen LogP contribution in [0.5, 0.6) is 0 Å². The lowest BCUT2D eigenvalue weighted by Crippen LogP contribution is -2.51. The van der Waals surface area contributed by atoms with Gasteiger partial charge in [0.25, 0.3) is 0 Å². The molecule has 1 atom stereocenters. The molecule has 1 fully saturated rings. The molecule has 0 aromatic heterocycles. The Balaban J connectivity index is 1.86. The van der Waals surface area contributed by atoms with Crippen molar-refractivity contribution in [3.05, 3.63) is 35.4 Å². The number of hydrogen-bond donors (Lipinski definition) is 2. The van der Waals surface area contributed by atoms with Crippen LogP contribution in [0.4, 0.5) is 0 Å². The number of nitrogens with two attached hydrogens (primary N) is 1. The van der Waals surface area contributed by atoms with Gasteiger partial charge in [0.05, 0.1) is 0 Å². The van der Waals surface area contributed by atoms with Crippen molar-refractivity contribution in [3.8, 4) is 0 Å². The van der Waals surface area contributed by atoms with E-state index in [-0.39, 0.29) is 0 Å². The highest BCUT2D eigenvalue weighted by molar-refractivity contribution is 5.92. The summed E-state index contributed by atoms with van der Waals surface area (Å²) in [6, 6.07) is 6.86. The molecule has 1 unspecified atom stereocenters. The molecule has 21 heavy (non-hydrogen) atoms. The molecule has 114 valence electrons. The second-order valence-corrected chi connectivity index (χ2v) is 5.39. The summed E-state index contributed by atoms with van der Waals surface area (Å²) in [5.74, 6) is -1.19. The first-order chi connectivity index (χ1) is 9.97. The molecular weight excluding hydrogens is 270 g/mol. The zero-order valence-electron chi connectivity index (χ0n) is 12.2. The average Bonchev–Trinajstić information content (AvgIpc) is 2.47. The Morgan fingerprint density at radius 3 is 2.24 bits per heavy atom. The van der Waals surface area contributed by atoms with Crippen LogP contribution in [-0.4, -0.2) is 59.0 Å². The number of carboxylic acid groups (broad SMARTS) is 1. The first-order valence-electron chi connectivity index (χ1n) is 7.05. The molecule has 0 radical (unpaired) electrons. The molecule has 0 bridgehead atoms. The van der Waals surface area contributed by atoms with Gasteiger partial charge in [-0.15, -0.1) is 0 Å². The van der Waals surface area contributed by atoms with Gasteiger partial charge in [-0.1, -0.05) is 12.1 Å². The Morgan fingerprint density at radius 2 is 1.76 bits per heavy atom. The van der Waals surface area contributed by atoms with Crippen molar-refractivity contribution in [1.29, 1.82) is 0 Å². The summed E-state index contributed by atoms with van der Waals surface area (Å²) >= 11 is 0. The van der Waals surface area contributed by atoms with Gasteiger partial charge < -0.3 is 10.8 Å². The van der Waals surface area contributed by atoms with Crippen LogP contribution >= 0.6 is 0 Å². The van der Waals surface area contributed by atoms with Gasteiger partial charge in [0.15, 0.2) is 0 Å². The summed E-state index contributed by atoms with van der Waals surface area (Å²) < 4.78 is 0. The van der Waals surface area contributed by atoms with E-state index >= 15 is 0 Å². The summed E-state index contributed by atoms with van der Waals surface area (Å²) in [7, 11) is 0. The molecule has 1 saturated heterocycles. The highest BCUT2D eigenvalue weighted by Crippen LogP contribution is 2.11. The van der Waals surface area contributed by atoms with Crippen LogP contribution in [0.15, 0.2) is 24.3 Å². The highest BCUT2D eigenvalue weighted by Gasteiger charge is 2.24. The van der Waals surface area contributed by atoms with Crippen LogP contribution in [0.25, 0.3) is 0 Å². The molecule has 1 aliphatic rings. The minimum Gasteiger partial charge on any atom is -0.480 e. The Kier molecular flexibility index (Phi) is 4.93. The van der Waals surface area contributed by atoms with Crippen molar-refractivity contribution in [3.63, 3.8) is 0 Å². The van der Waals surface area contributed by atoms with Crippen LogP contribution in [0.2, 0.25) is 0 Å². The number of primary amides is 1. The quantitative estimate of drug-likeness (QED) is 0.819. The van der Waals surface area contributed by atoms with E-state index in [0.717, 1.165) is 38.3 Å². The summed E-state index contributed by atoms with van der Waals surface area (Å²) in [5.41, 5.74) is 6.85. The van der Waals surface area contributed by atoms with E-state index in [1.165, 1.54) is 0 Å². The van der Waals surface area contributed by atoms with Crippen LogP contribution in [0.1, 0.15) is 22.8 Å². The number of piperazine rings is 1. The Hall–Kier alpha value is -1.92. The molecule has 6 heteroatoms. The van der Waals surface area contributed by atoms with E-state index in [4.69, 9.17) is 10.8 Å². The topological polar surface area (TPSA) is 86.9 Å². The summed E-state index contributed by atoms with van der Waals surface area (Å²) in [6.45, 7) is 5.72. The molecule has 6 nitrogen and oxygen atoms in total. The molecule has 0 saturated carbocycles. The minimum absolute atomic E-state index is 0.419. The molecule has 2 rings (SSSR count). The molecule has 1 heterocycles. The number of hydrogen-bond acceptors (Lipinski definition) is 4. The summed E-state index contributed by atoms with van der Waals surface area (Å²) in [4.78, 5) is 26.2. The van der Waals surface area contributed by atoms with Gasteiger partial charge in [0.1, 0.15) is 6.04 Å². The monoisotopic (exact) mass is 291 g/mol. The van der Waals surface area contributed by atoms with Crippen LogP contribution in [0, 0.1) is 0 Å². The van der Waals surface area contributed by atoms with Crippen molar-refractivity contribution in [2.24, 2.45) is 5.73 Å². The predicted octanol–water partition coefficient (Wildman–Crippen LogP) is 0.376. The largest absolute Gasteiger partial charge is 0.480 e. The Labute approximate surface area is 124 Å². The predicted molar refractivity (Wildman–Crippen MR) is 78.9 cm³/mol. The van der Waals surface area contributed by atoms with E-state index in [0.29, 0.717) is 5.56 Å². The van der Waals surface area contributed by atoms with Gasteiger partial charge in [-0.25, -0.2) is 0 Å². The number of carbonyl (C=O) groups excluding carboxylic acids is 1. The number of carbonyl (C=O) groups is 2. The van der Waals surface area contributed by atoms with Crippen molar-refractivity contribution < 1.29 is 14.7 Å². The van der Waals surface area contributed by atoms with E-state index in [2.05, 4.69) is 4.90 Å². The van der Waals surface area contributed by atoms with Crippen LogP contribution in [-0.2, 0) is 11.3 Å².